The molecule has 15 heavy (non-hydrogen) atoms. The van der Waals surface area contributed by atoms with Gasteiger partial charge < -0.3 is 5.73 Å². The molecule has 5 heteroatoms. The van der Waals surface area contributed by atoms with Crippen LogP contribution in [0.25, 0.3) is 0 Å². The Morgan fingerprint density at radius 3 is 2.40 bits per heavy atom. The molecule has 0 saturated heterocycles. The number of nitrogens with zero attached hydrogens (tertiary/aromatic N) is 1. The van der Waals surface area contributed by atoms with Gasteiger partial charge in [-0.2, -0.15) is 0 Å². The van der Waals surface area contributed by atoms with Crippen LogP contribution in [0.1, 0.15) is 12.5 Å². The van der Waals surface area contributed by atoms with Crippen LogP contribution in [0.3, 0.4) is 0 Å². The van der Waals surface area contributed by atoms with E-state index in [9.17, 15) is 0 Å². The smallest absolute Gasteiger partial charge is 0.113 e. The Balaban J connectivity index is 3.05. The van der Waals surface area contributed by atoms with Crippen LogP contribution in [-0.4, -0.2) is 18.1 Å². The van der Waals surface area contributed by atoms with E-state index < -0.39 is 0 Å². The van der Waals surface area contributed by atoms with Crippen LogP contribution in [0, 0.1) is 5.41 Å². The van der Waals surface area contributed by atoms with E-state index in [1.54, 1.807) is 25.1 Å². The van der Waals surface area contributed by atoms with Crippen LogP contribution in [-0.2, 0) is 0 Å². The first kappa shape index (κ1) is 12.0. The zero-order valence-electron chi connectivity index (χ0n) is 8.22. The molecule has 80 valence electrons. The van der Waals surface area contributed by atoms with Gasteiger partial charge in [-0.1, -0.05) is 29.3 Å². The number of nitrogens with one attached hydrogen (secondary N) is 1. The molecule has 1 aromatic carbocycles. The van der Waals surface area contributed by atoms with Crippen LogP contribution in [0.5, 0.6) is 0 Å². The van der Waals surface area contributed by atoms with E-state index in [0.717, 1.165) is 0 Å². The average molecular weight is 244 g/mol. The Morgan fingerprint density at radius 2 is 1.93 bits per heavy atom. The third kappa shape index (κ3) is 3.22. The highest BCUT2D eigenvalue weighted by Gasteiger charge is 2.07. The zero-order valence-corrected chi connectivity index (χ0v) is 9.73. The molecule has 3 N–H and O–H groups in total. The molecular formula is C10H11Cl2N3. The van der Waals surface area contributed by atoms with Crippen LogP contribution in [0.15, 0.2) is 23.2 Å². The molecule has 0 bridgehead atoms. The van der Waals surface area contributed by atoms with Crippen molar-refractivity contribution in [2.75, 3.05) is 6.54 Å². The number of hydrogen-bond donors (Lipinski definition) is 2. The van der Waals surface area contributed by atoms with Gasteiger partial charge in [0.25, 0.3) is 0 Å². The minimum atomic E-state index is 0.0116. The highest BCUT2D eigenvalue weighted by Crippen LogP contribution is 2.24. The van der Waals surface area contributed by atoms with Gasteiger partial charge in [-0.25, -0.2) is 0 Å². The summed E-state index contributed by atoms with van der Waals surface area (Å²) in [6.45, 7) is 1.95. The van der Waals surface area contributed by atoms with Crippen LogP contribution in [0.4, 0.5) is 0 Å². The fraction of sp³-hybridized carbons (Fsp3) is 0.200. The van der Waals surface area contributed by atoms with E-state index in [1.165, 1.54) is 0 Å². The standard InChI is InChI=1S/C10H11Cl2N3/c1-6(15-5-9(13)14)10-7(11)3-2-4-8(10)12/h2-4H,5H2,1H3,(H3,13,14). The first-order chi connectivity index (χ1) is 7.02. The van der Waals surface area contributed by atoms with Gasteiger partial charge in [0.05, 0.1) is 16.6 Å². The summed E-state index contributed by atoms with van der Waals surface area (Å²) in [5.41, 5.74) is 6.58. The molecule has 0 aliphatic rings. The third-order valence-corrected chi connectivity index (χ3v) is 2.44. The molecule has 0 fully saturated rings. The minimum Gasteiger partial charge on any atom is -0.386 e. The van der Waals surface area contributed by atoms with E-state index in [-0.39, 0.29) is 12.4 Å². The Labute approximate surface area is 98.4 Å². The van der Waals surface area contributed by atoms with Gasteiger partial charge in [0.1, 0.15) is 5.84 Å². The summed E-state index contributed by atoms with van der Waals surface area (Å²) in [6, 6.07) is 5.26. The molecule has 1 aromatic rings. The third-order valence-electron chi connectivity index (χ3n) is 1.81. The predicted molar refractivity (Wildman–Crippen MR) is 65.5 cm³/mol. The lowest BCUT2D eigenvalue weighted by Gasteiger charge is -2.06. The number of amidine groups is 1. The molecule has 1 rings (SSSR count). The maximum Gasteiger partial charge on any atom is 0.113 e. The summed E-state index contributed by atoms with van der Waals surface area (Å²) in [6.07, 6.45) is 0. The van der Waals surface area contributed by atoms with Crippen LogP contribution >= 0.6 is 23.2 Å². The van der Waals surface area contributed by atoms with Crippen molar-refractivity contribution < 1.29 is 0 Å². The topological polar surface area (TPSA) is 62.2 Å². The maximum absolute atomic E-state index is 7.06. The van der Waals surface area contributed by atoms with Gasteiger partial charge in [-0.3, -0.25) is 10.4 Å². The number of hydrogen-bond acceptors (Lipinski definition) is 2. The lowest BCUT2D eigenvalue weighted by Crippen LogP contribution is -2.14. The van der Waals surface area contributed by atoms with E-state index >= 15 is 0 Å². The molecule has 3 nitrogen and oxygen atoms in total. The summed E-state index contributed by atoms with van der Waals surface area (Å²) >= 11 is 12.0. The van der Waals surface area contributed by atoms with Gasteiger partial charge in [0.15, 0.2) is 0 Å². The van der Waals surface area contributed by atoms with Crippen molar-refractivity contribution in [1.29, 1.82) is 5.41 Å². The average Bonchev–Trinajstić information content (AvgIpc) is 2.14. The summed E-state index contributed by atoms with van der Waals surface area (Å²) in [7, 11) is 0. The van der Waals surface area contributed by atoms with Gasteiger partial charge in [-0.05, 0) is 19.1 Å². The fourth-order valence-electron chi connectivity index (χ4n) is 1.13. The largest absolute Gasteiger partial charge is 0.386 e. The first-order valence-electron chi connectivity index (χ1n) is 4.30. The molecule has 0 heterocycles. The molecule has 0 aromatic heterocycles. The van der Waals surface area contributed by atoms with Crippen molar-refractivity contribution in [3.05, 3.63) is 33.8 Å². The van der Waals surface area contributed by atoms with Crippen LogP contribution in [0.2, 0.25) is 10.0 Å². The normalized spacial score (nSPS) is 11.5. The van der Waals surface area contributed by atoms with Crippen molar-refractivity contribution in [3.8, 4) is 0 Å². The molecule has 0 amide bonds. The first-order valence-corrected chi connectivity index (χ1v) is 5.06. The molecule has 0 aliphatic heterocycles. The number of benzene rings is 1. The monoisotopic (exact) mass is 243 g/mol. The van der Waals surface area contributed by atoms with E-state index in [2.05, 4.69) is 4.99 Å². The second-order valence-electron chi connectivity index (χ2n) is 3.02. The maximum atomic E-state index is 7.06. The summed E-state index contributed by atoms with van der Waals surface area (Å²) in [5.74, 6) is 0.0116. The predicted octanol–water partition coefficient (Wildman–Crippen LogP) is 2.74. The highest BCUT2D eigenvalue weighted by atomic mass is 35.5. The minimum absolute atomic E-state index is 0.0116. The van der Waals surface area contributed by atoms with Crippen molar-refractivity contribution in [2.45, 2.75) is 6.92 Å². The summed E-state index contributed by atoms with van der Waals surface area (Å²) < 4.78 is 0. The SMILES string of the molecule is CC(=NCC(=N)N)c1c(Cl)cccc1Cl. The second kappa shape index (κ2) is 5.14. The second-order valence-corrected chi connectivity index (χ2v) is 3.84. The quantitative estimate of drug-likeness (QED) is 0.623. The van der Waals surface area contributed by atoms with Gasteiger partial charge in [-0.15, -0.1) is 0 Å². The van der Waals surface area contributed by atoms with E-state index in [0.29, 0.717) is 21.3 Å². The molecule has 0 spiro atoms. The number of aliphatic imine (C=N–C) groups is 1. The Hall–Kier alpha value is -1.06. The van der Waals surface area contributed by atoms with Crippen molar-refractivity contribution in [2.24, 2.45) is 10.7 Å². The van der Waals surface area contributed by atoms with Crippen LogP contribution < -0.4 is 5.73 Å². The summed E-state index contributed by atoms with van der Waals surface area (Å²) in [5, 5.41) is 8.16. The molecular weight excluding hydrogens is 233 g/mol. The fourth-order valence-corrected chi connectivity index (χ4v) is 1.80. The molecule has 0 unspecified atom stereocenters. The molecule has 0 radical (unpaired) electrons. The number of rotatable bonds is 3. The van der Waals surface area contributed by atoms with Gasteiger partial charge >= 0.3 is 0 Å². The van der Waals surface area contributed by atoms with Gasteiger partial charge in [0, 0.05) is 11.3 Å². The van der Waals surface area contributed by atoms with Gasteiger partial charge in [0.2, 0.25) is 0 Å². The number of halogens is 2. The van der Waals surface area contributed by atoms with E-state index in [4.69, 9.17) is 34.3 Å². The Kier molecular flexibility index (Phi) is 4.12. The van der Waals surface area contributed by atoms with E-state index in [1.807, 2.05) is 0 Å². The Morgan fingerprint density at radius 1 is 1.40 bits per heavy atom. The Bertz CT molecular complexity index is 393. The molecule has 0 aliphatic carbocycles. The zero-order chi connectivity index (χ0) is 11.4. The lowest BCUT2D eigenvalue weighted by molar-refractivity contribution is 1.22. The highest BCUT2D eigenvalue weighted by molar-refractivity contribution is 6.40. The molecule has 0 saturated carbocycles. The lowest BCUT2D eigenvalue weighted by atomic mass is 10.1. The van der Waals surface area contributed by atoms with Crippen molar-refractivity contribution in [3.63, 3.8) is 0 Å². The number of nitrogens with two attached hydrogens (primary N) is 1. The van der Waals surface area contributed by atoms with Crippen molar-refractivity contribution in [1.82, 2.24) is 0 Å². The van der Waals surface area contributed by atoms with Crippen molar-refractivity contribution >= 4 is 34.7 Å². The molecule has 0 atom stereocenters. The summed E-state index contributed by atoms with van der Waals surface area (Å²) in [4.78, 5) is 4.11.